The van der Waals surface area contributed by atoms with Crippen LogP contribution in [0.15, 0.2) is 44.5 Å². The van der Waals surface area contributed by atoms with E-state index >= 15 is 0 Å². The van der Waals surface area contributed by atoms with E-state index in [2.05, 4.69) is 6.58 Å². The Morgan fingerprint density at radius 3 is 2.72 bits per heavy atom. The zero-order valence-corrected chi connectivity index (χ0v) is 10.4. The van der Waals surface area contributed by atoms with Gasteiger partial charge < -0.3 is 8.83 Å². The smallest absolute Gasteiger partial charge is 0.349 e. The molecule has 0 atom stereocenters. The first-order chi connectivity index (χ1) is 8.59. The Hall–Kier alpha value is -2.00. The van der Waals surface area contributed by atoms with E-state index in [-0.39, 0.29) is 10.4 Å². The zero-order chi connectivity index (χ0) is 12.9. The van der Waals surface area contributed by atoms with Crippen molar-refractivity contribution in [1.29, 1.82) is 0 Å². The fraction of sp³-hybridized carbons (Fsp3) is 0.0714. The van der Waals surface area contributed by atoms with Crippen LogP contribution in [0.25, 0.3) is 27.5 Å². The van der Waals surface area contributed by atoms with Crippen molar-refractivity contribution in [2.24, 2.45) is 0 Å². The van der Waals surface area contributed by atoms with Crippen LogP contribution in [0.3, 0.4) is 0 Å². The molecule has 2 heterocycles. The summed E-state index contributed by atoms with van der Waals surface area (Å²) in [6.07, 6.45) is 0. The van der Waals surface area contributed by atoms with Crippen molar-refractivity contribution in [1.82, 2.24) is 0 Å². The fourth-order valence-electron chi connectivity index (χ4n) is 1.95. The molecule has 0 spiro atoms. The van der Waals surface area contributed by atoms with Crippen LogP contribution in [0.1, 0.15) is 12.7 Å². The second kappa shape index (κ2) is 3.75. The molecule has 2 aromatic heterocycles. The molecule has 3 rings (SSSR count). The lowest BCUT2D eigenvalue weighted by Gasteiger charge is -1.95. The van der Waals surface area contributed by atoms with Crippen molar-refractivity contribution in [2.75, 3.05) is 0 Å². The molecule has 1 aromatic carbocycles. The minimum Gasteiger partial charge on any atom is -0.454 e. The summed E-state index contributed by atoms with van der Waals surface area (Å²) < 4.78 is 10.9. The maximum Gasteiger partial charge on any atom is 0.349 e. The van der Waals surface area contributed by atoms with Gasteiger partial charge in [0.05, 0.1) is 5.39 Å². The highest BCUT2D eigenvalue weighted by atomic mass is 35.5. The van der Waals surface area contributed by atoms with Gasteiger partial charge >= 0.3 is 5.63 Å². The van der Waals surface area contributed by atoms with Gasteiger partial charge in [0.15, 0.2) is 5.58 Å². The summed E-state index contributed by atoms with van der Waals surface area (Å²) in [5.41, 5.74) is 1.10. The third-order valence-corrected chi connectivity index (χ3v) is 3.14. The summed E-state index contributed by atoms with van der Waals surface area (Å²) in [5, 5.41) is 1.26. The number of hydrogen-bond donors (Lipinski definition) is 0. The van der Waals surface area contributed by atoms with Crippen molar-refractivity contribution < 1.29 is 8.83 Å². The van der Waals surface area contributed by atoms with Gasteiger partial charge in [0.25, 0.3) is 0 Å². The van der Waals surface area contributed by atoms with Gasteiger partial charge in [0.2, 0.25) is 0 Å². The molecule has 90 valence electrons. The Kier molecular flexibility index (Phi) is 2.31. The van der Waals surface area contributed by atoms with Crippen LogP contribution in [0.2, 0.25) is 5.02 Å². The number of furan rings is 1. The summed E-state index contributed by atoms with van der Waals surface area (Å²) >= 11 is 6.14. The average Bonchev–Trinajstić information content (AvgIpc) is 2.68. The molecule has 18 heavy (non-hydrogen) atoms. The van der Waals surface area contributed by atoms with Crippen LogP contribution in [0.5, 0.6) is 0 Å². The summed E-state index contributed by atoms with van der Waals surface area (Å²) in [4.78, 5) is 11.9. The van der Waals surface area contributed by atoms with Gasteiger partial charge in [0.1, 0.15) is 21.8 Å². The second-order valence-electron chi connectivity index (χ2n) is 4.12. The predicted molar refractivity (Wildman–Crippen MR) is 72.0 cm³/mol. The molecule has 0 radical (unpaired) electrons. The summed E-state index contributed by atoms with van der Waals surface area (Å²) in [7, 11) is 0. The highest BCUT2D eigenvalue weighted by molar-refractivity contribution is 6.37. The molecule has 0 fully saturated rings. The highest BCUT2D eigenvalue weighted by Crippen LogP contribution is 2.35. The number of para-hydroxylation sites is 1. The lowest BCUT2D eigenvalue weighted by Crippen LogP contribution is -1.98. The Morgan fingerprint density at radius 2 is 2.00 bits per heavy atom. The molecule has 0 N–H and O–H groups in total. The van der Waals surface area contributed by atoms with Gasteiger partial charge in [-0.2, -0.15) is 0 Å². The minimum atomic E-state index is -0.495. The molecular weight excluding hydrogens is 252 g/mol. The fourth-order valence-corrected chi connectivity index (χ4v) is 2.31. The Morgan fingerprint density at radius 1 is 1.28 bits per heavy atom. The number of allylic oxidation sites excluding steroid dienone is 1. The second-order valence-corrected chi connectivity index (χ2v) is 4.49. The third-order valence-electron chi connectivity index (χ3n) is 2.78. The summed E-state index contributed by atoms with van der Waals surface area (Å²) in [6.45, 7) is 5.55. The van der Waals surface area contributed by atoms with E-state index in [1.165, 1.54) is 0 Å². The van der Waals surface area contributed by atoms with Crippen LogP contribution < -0.4 is 5.63 Å². The molecule has 0 aliphatic rings. The van der Waals surface area contributed by atoms with Crippen LogP contribution in [0, 0.1) is 0 Å². The normalized spacial score (nSPS) is 11.2. The van der Waals surface area contributed by atoms with Gasteiger partial charge in [-0.1, -0.05) is 30.3 Å². The first-order valence-corrected chi connectivity index (χ1v) is 5.77. The molecule has 0 bridgehead atoms. The molecule has 0 aliphatic heterocycles. The molecule has 0 saturated carbocycles. The van der Waals surface area contributed by atoms with Crippen molar-refractivity contribution in [3.05, 3.63) is 52.0 Å². The van der Waals surface area contributed by atoms with Crippen molar-refractivity contribution >= 4 is 39.1 Å². The number of hydrogen-bond acceptors (Lipinski definition) is 3. The van der Waals surface area contributed by atoms with E-state index in [0.717, 1.165) is 5.39 Å². The van der Waals surface area contributed by atoms with Crippen molar-refractivity contribution in [2.45, 2.75) is 6.92 Å². The van der Waals surface area contributed by atoms with Gasteiger partial charge in [-0.25, -0.2) is 4.79 Å². The number of halogens is 1. The number of fused-ring (bicyclic) bond motifs is 3. The summed E-state index contributed by atoms with van der Waals surface area (Å²) in [6, 6.07) is 7.18. The largest absolute Gasteiger partial charge is 0.454 e. The van der Waals surface area contributed by atoms with Crippen molar-refractivity contribution in [3.63, 3.8) is 0 Å². The maximum absolute atomic E-state index is 11.9. The SMILES string of the molecule is C=C(C)c1oc2c(c1Cl)c(=O)oc1ccccc12. The standard InChI is InChI=1S/C14H9ClO3/c1-7(2)12-11(15)10-13(18-12)8-5-3-4-6-9(8)17-14(10)16/h3-6H,1H2,2H3. The maximum atomic E-state index is 11.9. The number of rotatable bonds is 1. The van der Waals surface area contributed by atoms with Crippen LogP contribution in [-0.2, 0) is 0 Å². The van der Waals surface area contributed by atoms with Gasteiger partial charge in [0, 0.05) is 0 Å². The van der Waals surface area contributed by atoms with E-state index < -0.39 is 5.63 Å². The van der Waals surface area contributed by atoms with E-state index in [1.807, 2.05) is 12.1 Å². The quantitative estimate of drug-likeness (QED) is 0.615. The molecule has 0 saturated heterocycles. The molecule has 0 amide bonds. The third kappa shape index (κ3) is 1.41. The number of benzene rings is 1. The Labute approximate surface area is 107 Å². The van der Waals surface area contributed by atoms with E-state index in [9.17, 15) is 4.79 Å². The van der Waals surface area contributed by atoms with Crippen molar-refractivity contribution in [3.8, 4) is 0 Å². The Bertz CT molecular complexity index is 839. The topological polar surface area (TPSA) is 43.4 Å². The monoisotopic (exact) mass is 260 g/mol. The van der Waals surface area contributed by atoms with Crippen LogP contribution >= 0.6 is 11.6 Å². The molecule has 0 aliphatic carbocycles. The summed E-state index contributed by atoms with van der Waals surface area (Å²) in [5.74, 6) is 0.426. The zero-order valence-electron chi connectivity index (χ0n) is 9.62. The lowest BCUT2D eigenvalue weighted by atomic mass is 10.2. The molecule has 4 heteroatoms. The van der Waals surface area contributed by atoms with E-state index in [0.29, 0.717) is 22.5 Å². The average molecular weight is 261 g/mol. The van der Waals surface area contributed by atoms with E-state index in [1.54, 1.807) is 19.1 Å². The van der Waals surface area contributed by atoms with Gasteiger partial charge in [-0.15, -0.1) is 0 Å². The first-order valence-electron chi connectivity index (χ1n) is 5.39. The first kappa shape index (κ1) is 11.1. The highest BCUT2D eigenvalue weighted by Gasteiger charge is 2.19. The molecule has 3 nitrogen and oxygen atoms in total. The molecule has 3 aromatic rings. The van der Waals surface area contributed by atoms with Crippen LogP contribution in [-0.4, -0.2) is 0 Å². The van der Waals surface area contributed by atoms with Gasteiger partial charge in [-0.3, -0.25) is 0 Å². The van der Waals surface area contributed by atoms with Gasteiger partial charge in [-0.05, 0) is 24.6 Å². The van der Waals surface area contributed by atoms with E-state index in [4.69, 9.17) is 20.4 Å². The molecule has 0 unspecified atom stereocenters. The predicted octanol–water partition coefficient (Wildman–Crippen LogP) is 4.23. The lowest BCUT2D eigenvalue weighted by molar-refractivity contribution is 0.563. The molecular formula is C14H9ClO3. The van der Waals surface area contributed by atoms with Crippen LogP contribution in [0.4, 0.5) is 0 Å². The Balaban J connectivity index is 2.62. The minimum absolute atomic E-state index is 0.261.